The minimum atomic E-state index is -0.798. The van der Waals surface area contributed by atoms with Gasteiger partial charge in [-0.2, -0.15) is 0 Å². The van der Waals surface area contributed by atoms with Gasteiger partial charge in [0.05, 0.1) is 6.54 Å². The number of rotatable bonds is 4. The van der Waals surface area contributed by atoms with Gasteiger partial charge in [0.2, 0.25) is 0 Å². The monoisotopic (exact) mass is 269 g/mol. The molecule has 1 aliphatic heterocycles. The van der Waals surface area contributed by atoms with E-state index in [1.807, 2.05) is 21.6 Å². The molecule has 2 amide bonds. The number of hydrogen-bond donors (Lipinski definition) is 1. The Hall–Kier alpha value is -1.30. The van der Waals surface area contributed by atoms with Crippen molar-refractivity contribution >= 4 is 12.0 Å². The molecule has 1 aliphatic carbocycles. The summed E-state index contributed by atoms with van der Waals surface area (Å²) in [6, 6.07) is 0.568. The van der Waals surface area contributed by atoms with Crippen LogP contribution in [0.1, 0.15) is 26.2 Å². The highest BCUT2D eigenvalue weighted by Crippen LogP contribution is 2.27. The van der Waals surface area contributed by atoms with E-state index in [4.69, 9.17) is 5.11 Å². The molecule has 0 radical (unpaired) electrons. The van der Waals surface area contributed by atoms with Crippen LogP contribution >= 0.6 is 0 Å². The van der Waals surface area contributed by atoms with Crippen LogP contribution in [-0.4, -0.2) is 77.1 Å². The zero-order chi connectivity index (χ0) is 13.8. The van der Waals surface area contributed by atoms with E-state index in [2.05, 4.69) is 0 Å². The Kier molecular flexibility index (Phi) is 4.63. The fraction of sp³-hybridized carbons (Fsp3) is 0.846. The Morgan fingerprint density at radius 1 is 1.21 bits per heavy atom. The van der Waals surface area contributed by atoms with E-state index < -0.39 is 5.97 Å². The van der Waals surface area contributed by atoms with Crippen LogP contribution in [0.15, 0.2) is 0 Å². The van der Waals surface area contributed by atoms with Gasteiger partial charge in [0.25, 0.3) is 0 Å². The average Bonchev–Trinajstić information content (AvgIpc) is 3.16. The number of aliphatic carboxylic acids is 1. The van der Waals surface area contributed by atoms with Crippen molar-refractivity contribution in [1.82, 2.24) is 14.7 Å². The summed E-state index contributed by atoms with van der Waals surface area (Å²) in [6.07, 6.45) is 3.10. The van der Waals surface area contributed by atoms with E-state index in [9.17, 15) is 9.59 Å². The van der Waals surface area contributed by atoms with E-state index in [1.165, 1.54) is 0 Å². The van der Waals surface area contributed by atoms with Crippen molar-refractivity contribution in [3.8, 4) is 0 Å². The molecule has 2 aliphatic rings. The Labute approximate surface area is 114 Å². The van der Waals surface area contributed by atoms with Crippen LogP contribution in [0.2, 0.25) is 0 Å². The molecule has 0 aromatic heterocycles. The number of amides is 2. The maximum absolute atomic E-state index is 12.4. The summed E-state index contributed by atoms with van der Waals surface area (Å²) in [5.41, 5.74) is 0. The maximum Gasteiger partial charge on any atom is 0.320 e. The van der Waals surface area contributed by atoms with Crippen molar-refractivity contribution in [3.05, 3.63) is 0 Å². The highest BCUT2D eigenvalue weighted by Gasteiger charge is 2.34. The summed E-state index contributed by atoms with van der Waals surface area (Å²) in [6.45, 7) is 5.63. The topological polar surface area (TPSA) is 64.1 Å². The fourth-order valence-electron chi connectivity index (χ4n) is 2.63. The van der Waals surface area contributed by atoms with Crippen molar-refractivity contribution < 1.29 is 14.7 Å². The van der Waals surface area contributed by atoms with Gasteiger partial charge in [-0.05, 0) is 26.2 Å². The van der Waals surface area contributed by atoms with Crippen molar-refractivity contribution in [2.45, 2.75) is 32.2 Å². The quantitative estimate of drug-likeness (QED) is 0.815. The SMILES string of the molecule is CCN(C(=O)N1CCCN(CC(=O)O)CC1)C1CC1. The molecular formula is C13H23N3O3. The van der Waals surface area contributed by atoms with E-state index in [0.29, 0.717) is 19.1 Å². The zero-order valence-corrected chi connectivity index (χ0v) is 11.5. The first-order chi connectivity index (χ1) is 9.11. The predicted octanol–water partition coefficient (Wildman–Crippen LogP) is 0.683. The third-order valence-electron chi connectivity index (χ3n) is 3.79. The second-order valence-electron chi connectivity index (χ2n) is 5.31. The summed E-state index contributed by atoms with van der Waals surface area (Å²) in [7, 11) is 0. The van der Waals surface area contributed by atoms with Crippen LogP contribution in [0.5, 0.6) is 0 Å². The fourth-order valence-corrected chi connectivity index (χ4v) is 2.63. The molecule has 1 saturated heterocycles. The number of urea groups is 1. The Morgan fingerprint density at radius 3 is 2.53 bits per heavy atom. The second kappa shape index (κ2) is 6.23. The van der Waals surface area contributed by atoms with Crippen molar-refractivity contribution in [2.75, 3.05) is 39.3 Å². The molecule has 2 fully saturated rings. The standard InChI is InChI=1S/C13H23N3O3/c1-2-16(11-4-5-11)13(19)15-7-3-6-14(8-9-15)10-12(17)18/h11H,2-10H2,1H3,(H,17,18). The summed E-state index contributed by atoms with van der Waals surface area (Å²) >= 11 is 0. The zero-order valence-electron chi connectivity index (χ0n) is 11.5. The molecule has 108 valence electrons. The van der Waals surface area contributed by atoms with Crippen LogP contribution in [0, 0.1) is 0 Å². The number of carbonyl (C=O) groups excluding carboxylic acids is 1. The van der Waals surface area contributed by atoms with Gasteiger partial charge in [-0.15, -0.1) is 0 Å². The lowest BCUT2D eigenvalue weighted by Gasteiger charge is -2.29. The van der Waals surface area contributed by atoms with Gasteiger partial charge in [-0.1, -0.05) is 0 Å². The molecule has 0 unspecified atom stereocenters. The molecular weight excluding hydrogens is 246 g/mol. The molecule has 0 atom stereocenters. The number of carboxylic acids is 1. The summed E-state index contributed by atoms with van der Waals surface area (Å²) in [5.74, 6) is -0.798. The van der Waals surface area contributed by atoms with Crippen LogP contribution < -0.4 is 0 Å². The van der Waals surface area contributed by atoms with Gasteiger partial charge >= 0.3 is 12.0 Å². The lowest BCUT2D eigenvalue weighted by molar-refractivity contribution is -0.138. The first-order valence-corrected chi connectivity index (χ1v) is 7.11. The molecule has 1 N–H and O–H groups in total. The van der Waals surface area contributed by atoms with Crippen molar-refractivity contribution in [2.24, 2.45) is 0 Å². The number of nitrogens with zero attached hydrogens (tertiary/aromatic N) is 3. The minimum absolute atomic E-state index is 0.0716. The number of hydrogen-bond acceptors (Lipinski definition) is 3. The van der Waals surface area contributed by atoms with E-state index in [0.717, 1.165) is 38.9 Å². The highest BCUT2D eigenvalue weighted by molar-refractivity contribution is 5.75. The third-order valence-corrected chi connectivity index (χ3v) is 3.79. The van der Waals surface area contributed by atoms with Gasteiger partial charge in [0.1, 0.15) is 0 Å². The van der Waals surface area contributed by atoms with Gasteiger partial charge in [-0.25, -0.2) is 4.79 Å². The van der Waals surface area contributed by atoms with E-state index in [-0.39, 0.29) is 12.6 Å². The molecule has 6 nitrogen and oxygen atoms in total. The van der Waals surface area contributed by atoms with Crippen LogP contribution in [0.25, 0.3) is 0 Å². The van der Waals surface area contributed by atoms with Gasteiger partial charge < -0.3 is 14.9 Å². The Balaban J connectivity index is 1.87. The largest absolute Gasteiger partial charge is 0.480 e. The Morgan fingerprint density at radius 2 is 1.95 bits per heavy atom. The second-order valence-corrected chi connectivity index (χ2v) is 5.31. The number of carbonyl (C=O) groups is 2. The first-order valence-electron chi connectivity index (χ1n) is 7.11. The van der Waals surface area contributed by atoms with Gasteiger partial charge in [0.15, 0.2) is 0 Å². The molecule has 6 heteroatoms. The molecule has 0 aromatic carbocycles. The molecule has 0 spiro atoms. The predicted molar refractivity (Wildman–Crippen MR) is 71.1 cm³/mol. The van der Waals surface area contributed by atoms with Crippen molar-refractivity contribution in [3.63, 3.8) is 0 Å². The summed E-state index contributed by atoms with van der Waals surface area (Å²) < 4.78 is 0. The normalized spacial score (nSPS) is 21.0. The first kappa shape index (κ1) is 14.1. The number of carboxylic acid groups (broad SMARTS) is 1. The average molecular weight is 269 g/mol. The maximum atomic E-state index is 12.4. The summed E-state index contributed by atoms with van der Waals surface area (Å²) in [4.78, 5) is 28.9. The van der Waals surface area contributed by atoms with Crippen LogP contribution in [-0.2, 0) is 4.79 Å². The van der Waals surface area contributed by atoms with E-state index in [1.54, 1.807) is 0 Å². The molecule has 2 rings (SSSR count). The molecule has 0 bridgehead atoms. The van der Waals surface area contributed by atoms with Crippen LogP contribution in [0.3, 0.4) is 0 Å². The summed E-state index contributed by atoms with van der Waals surface area (Å²) in [5, 5.41) is 8.81. The molecule has 19 heavy (non-hydrogen) atoms. The lowest BCUT2D eigenvalue weighted by Crippen LogP contribution is -2.45. The van der Waals surface area contributed by atoms with Crippen LogP contribution in [0.4, 0.5) is 4.79 Å². The molecule has 1 saturated carbocycles. The van der Waals surface area contributed by atoms with Crippen molar-refractivity contribution in [1.29, 1.82) is 0 Å². The Bertz CT molecular complexity index is 344. The van der Waals surface area contributed by atoms with E-state index >= 15 is 0 Å². The van der Waals surface area contributed by atoms with Gasteiger partial charge in [0, 0.05) is 38.8 Å². The molecule has 1 heterocycles. The van der Waals surface area contributed by atoms with Gasteiger partial charge in [-0.3, -0.25) is 9.69 Å². The lowest BCUT2D eigenvalue weighted by atomic mass is 10.4. The highest BCUT2D eigenvalue weighted by atomic mass is 16.4. The minimum Gasteiger partial charge on any atom is -0.480 e. The molecule has 0 aromatic rings. The smallest absolute Gasteiger partial charge is 0.320 e. The third kappa shape index (κ3) is 3.83.